The van der Waals surface area contributed by atoms with E-state index in [0.29, 0.717) is 13.0 Å². The third-order valence-electron chi connectivity index (χ3n) is 5.21. The molecule has 0 saturated heterocycles. The lowest BCUT2D eigenvalue weighted by Gasteiger charge is -2.18. The van der Waals surface area contributed by atoms with Crippen molar-refractivity contribution in [3.05, 3.63) is 95.6 Å². The molecule has 0 saturated carbocycles. The summed E-state index contributed by atoms with van der Waals surface area (Å²) in [6, 6.07) is 23.6. The second kappa shape index (κ2) is 11.4. The van der Waals surface area contributed by atoms with Crippen molar-refractivity contribution in [3.63, 3.8) is 0 Å². The first-order chi connectivity index (χ1) is 16.3. The zero-order valence-corrected chi connectivity index (χ0v) is 19.5. The number of rotatable bonds is 10. The van der Waals surface area contributed by atoms with Gasteiger partial charge in [-0.15, -0.1) is 0 Å². The highest BCUT2D eigenvalue weighted by atomic mass is 32.2. The number of methoxy groups -OCH3 is 1. The zero-order chi connectivity index (χ0) is 24.6. The van der Waals surface area contributed by atoms with Crippen LogP contribution in [0.2, 0.25) is 0 Å². The van der Waals surface area contributed by atoms with Gasteiger partial charge in [0.25, 0.3) is 5.91 Å². The van der Waals surface area contributed by atoms with Crippen LogP contribution in [0.1, 0.15) is 33.8 Å². The number of carbonyl (C=O) groups excluding carboxylic acids is 2. The summed E-state index contributed by atoms with van der Waals surface area (Å²) in [5.41, 5.74) is 2.13. The van der Waals surface area contributed by atoms with Crippen LogP contribution in [0.15, 0.2) is 83.8 Å². The van der Waals surface area contributed by atoms with Gasteiger partial charge in [-0.05, 0) is 35.7 Å². The summed E-state index contributed by atoms with van der Waals surface area (Å²) in [4.78, 5) is 24.5. The number of amides is 1. The monoisotopic (exact) mass is 482 g/mol. The maximum absolute atomic E-state index is 12.4. The first kappa shape index (κ1) is 24.9. The van der Waals surface area contributed by atoms with E-state index >= 15 is 0 Å². The minimum atomic E-state index is -4.02. The maximum Gasteiger partial charge on any atom is 0.342 e. The van der Waals surface area contributed by atoms with E-state index in [1.54, 1.807) is 0 Å². The average Bonchev–Trinajstić information content (AvgIpc) is 2.85. The van der Waals surface area contributed by atoms with Crippen molar-refractivity contribution in [2.24, 2.45) is 5.14 Å². The Balaban J connectivity index is 1.58. The summed E-state index contributed by atoms with van der Waals surface area (Å²) >= 11 is 0. The van der Waals surface area contributed by atoms with E-state index in [9.17, 15) is 18.0 Å². The van der Waals surface area contributed by atoms with Gasteiger partial charge in [-0.2, -0.15) is 0 Å². The van der Waals surface area contributed by atoms with E-state index in [1.165, 1.54) is 19.2 Å². The van der Waals surface area contributed by atoms with Gasteiger partial charge in [-0.3, -0.25) is 4.79 Å². The molecule has 0 aliphatic heterocycles. The van der Waals surface area contributed by atoms with Crippen molar-refractivity contribution < 1.29 is 27.5 Å². The Bertz CT molecular complexity index is 1190. The van der Waals surface area contributed by atoms with Crippen molar-refractivity contribution in [2.45, 2.75) is 17.2 Å². The van der Waals surface area contributed by atoms with E-state index < -0.39 is 28.5 Å². The van der Waals surface area contributed by atoms with Crippen LogP contribution < -0.4 is 15.2 Å². The number of hydrogen-bond acceptors (Lipinski definition) is 6. The minimum absolute atomic E-state index is 0.0930. The Kier molecular flexibility index (Phi) is 8.39. The molecule has 0 unspecified atom stereocenters. The first-order valence-electron chi connectivity index (χ1n) is 10.5. The molecular formula is C25H26N2O6S. The van der Waals surface area contributed by atoms with Crippen LogP contribution in [0.3, 0.4) is 0 Å². The van der Waals surface area contributed by atoms with Gasteiger partial charge in [0.05, 0.1) is 12.0 Å². The minimum Gasteiger partial charge on any atom is -0.496 e. The van der Waals surface area contributed by atoms with E-state index in [1.807, 2.05) is 60.7 Å². The van der Waals surface area contributed by atoms with Gasteiger partial charge >= 0.3 is 5.97 Å². The maximum atomic E-state index is 12.4. The van der Waals surface area contributed by atoms with Crippen LogP contribution in [-0.4, -0.2) is 40.6 Å². The van der Waals surface area contributed by atoms with Gasteiger partial charge in [-0.25, -0.2) is 18.4 Å². The molecule has 1 amide bonds. The molecule has 0 fully saturated rings. The second-order valence-corrected chi connectivity index (χ2v) is 9.06. The van der Waals surface area contributed by atoms with Crippen LogP contribution in [0.5, 0.6) is 5.75 Å². The number of esters is 1. The molecule has 0 spiro atoms. The first-order valence-corrected chi connectivity index (χ1v) is 12.1. The molecule has 0 heterocycles. The normalized spacial score (nSPS) is 11.1. The summed E-state index contributed by atoms with van der Waals surface area (Å²) in [5.74, 6) is -1.18. The lowest BCUT2D eigenvalue weighted by molar-refractivity contribution is -0.124. The lowest BCUT2D eigenvalue weighted by Crippen LogP contribution is -2.30. The smallest absolute Gasteiger partial charge is 0.342 e. The van der Waals surface area contributed by atoms with Gasteiger partial charge in [-0.1, -0.05) is 60.7 Å². The molecule has 0 atom stereocenters. The van der Waals surface area contributed by atoms with Crippen molar-refractivity contribution >= 4 is 21.9 Å². The van der Waals surface area contributed by atoms with Crippen molar-refractivity contribution in [2.75, 3.05) is 20.3 Å². The summed E-state index contributed by atoms with van der Waals surface area (Å²) < 4.78 is 33.3. The molecule has 3 N–H and O–H groups in total. The molecule has 0 aliphatic rings. The van der Waals surface area contributed by atoms with Crippen LogP contribution in [0.25, 0.3) is 0 Å². The van der Waals surface area contributed by atoms with Crippen LogP contribution >= 0.6 is 0 Å². The third-order valence-corrected chi connectivity index (χ3v) is 6.12. The average molecular weight is 483 g/mol. The Morgan fingerprint density at radius 1 is 0.941 bits per heavy atom. The number of nitrogens with two attached hydrogens (primary N) is 1. The molecule has 0 aromatic heterocycles. The van der Waals surface area contributed by atoms with Crippen LogP contribution in [0, 0.1) is 0 Å². The molecule has 9 heteroatoms. The fraction of sp³-hybridized carbons (Fsp3) is 0.200. The lowest BCUT2D eigenvalue weighted by atomic mass is 9.88. The SMILES string of the molecule is COc1ccc(S(N)(=O)=O)cc1C(=O)OCC(=O)NCCC(c1ccccc1)c1ccccc1. The molecule has 3 aromatic carbocycles. The largest absolute Gasteiger partial charge is 0.496 e. The molecule has 0 radical (unpaired) electrons. The van der Waals surface area contributed by atoms with E-state index in [0.717, 1.165) is 17.2 Å². The third kappa shape index (κ3) is 6.66. The van der Waals surface area contributed by atoms with Gasteiger partial charge in [0.15, 0.2) is 6.61 Å². The number of primary sulfonamides is 1. The summed E-state index contributed by atoms with van der Waals surface area (Å²) in [6.07, 6.45) is 0.651. The number of benzene rings is 3. The predicted octanol–water partition coefficient (Wildman–Crippen LogP) is 2.84. The van der Waals surface area contributed by atoms with Crippen LogP contribution in [-0.2, 0) is 19.6 Å². The Morgan fingerprint density at radius 3 is 2.06 bits per heavy atom. The number of sulfonamides is 1. The van der Waals surface area contributed by atoms with Gasteiger partial charge in [0.2, 0.25) is 10.0 Å². The molecule has 0 aliphatic carbocycles. The number of hydrogen-bond donors (Lipinski definition) is 2. The Hall–Kier alpha value is -3.69. The molecule has 3 rings (SSSR count). The van der Waals surface area contributed by atoms with E-state index in [2.05, 4.69) is 5.32 Å². The summed E-state index contributed by atoms with van der Waals surface area (Å²) in [7, 11) is -2.70. The number of ether oxygens (including phenoxy) is 2. The molecular weight excluding hydrogens is 456 g/mol. The highest BCUT2D eigenvalue weighted by Crippen LogP contribution is 2.27. The van der Waals surface area contributed by atoms with Gasteiger partial charge < -0.3 is 14.8 Å². The van der Waals surface area contributed by atoms with E-state index in [-0.39, 0.29) is 22.1 Å². The standard InChI is InChI=1S/C25H26N2O6S/c1-32-23-13-12-20(34(26,30)31)16-22(23)25(29)33-17-24(28)27-15-14-21(18-8-4-2-5-9-18)19-10-6-3-7-11-19/h2-13,16,21H,14-15,17H2,1H3,(H,27,28)(H2,26,30,31). The van der Waals surface area contributed by atoms with Crippen molar-refractivity contribution in [3.8, 4) is 5.75 Å². The molecule has 34 heavy (non-hydrogen) atoms. The Morgan fingerprint density at radius 2 is 1.53 bits per heavy atom. The topological polar surface area (TPSA) is 125 Å². The van der Waals surface area contributed by atoms with Gasteiger partial charge in [0, 0.05) is 12.5 Å². The highest BCUT2D eigenvalue weighted by molar-refractivity contribution is 7.89. The Labute approximate surface area is 198 Å². The fourth-order valence-corrected chi connectivity index (χ4v) is 4.08. The van der Waals surface area contributed by atoms with Crippen molar-refractivity contribution in [1.82, 2.24) is 5.32 Å². The number of nitrogens with one attached hydrogen (secondary N) is 1. The zero-order valence-electron chi connectivity index (χ0n) is 18.6. The summed E-state index contributed by atoms with van der Waals surface area (Å²) in [6.45, 7) is -0.155. The van der Waals surface area contributed by atoms with Crippen LogP contribution in [0.4, 0.5) is 0 Å². The second-order valence-electron chi connectivity index (χ2n) is 7.50. The fourth-order valence-electron chi connectivity index (χ4n) is 3.54. The molecule has 3 aromatic rings. The quantitative estimate of drug-likeness (QED) is 0.428. The predicted molar refractivity (Wildman–Crippen MR) is 127 cm³/mol. The highest BCUT2D eigenvalue weighted by Gasteiger charge is 2.20. The number of carbonyl (C=O) groups is 2. The van der Waals surface area contributed by atoms with E-state index in [4.69, 9.17) is 14.6 Å². The summed E-state index contributed by atoms with van der Waals surface area (Å²) in [5, 5.41) is 7.88. The van der Waals surface area contributed by atoms with Crippen molar-refractivity contribution in [1.29, 1.82) is 0 Å². The molecule has 178 valence electrons. The van der Waals surface area contributed by atoms with Gasteiger partial charge in [0.1, 0.15) is 11.3 Å². The molecule has 8 nitrogen and oxygen atoms in total. The molecule has 0 bridgehead atoms.